The molecule has 4 rings (SSSR count). The van der Waals surface area contributed by atoms with Gasteiger partial charge in [0.25, 0.3) is 0 Å². The van der Waals surface area contributed by atoms with E-state index in [9.17, 15) is 19.8 Å². The molecule has 4 fully saturated rings. The molecule has 6 nitrogen and oxygen atoms in total. The topological polar surface area (TPSA) is 107 Å². The lowest BCUT2D eigenvalue weighted by molar-refractivity contribution is -0.174. The summed E-state index contributed by atoms with van der Waals surface area (Å²) in [5.41, 5.74) is 0.501. The minimum absolute atomic E-state index is 0.0463. The molecule has 0 radical (unpaired) electrons. The largest absolute Gasteiger partial charge is 0.481 e. The Morgan fingerprint density at radius 1 is 0.970 bits per heavy atom. The highest BCUT2D eigenvalue weighted by Crippen LogP contribution is 2.68. The van der Waals surface area contributed by atoms with E-state index in [-0.39, 0.29) is 41.8 Å². The molecule has 0 heterocycles. The van der Waals surface area contributed by atoms with Gasteiger partial charge in [-0.05, 0) is 104 Å². The maximum Gasteiger partial charge on any atom is 0.303 e. The van der Waals surface area contributed by atoms with E-state index in [1.54, 1.807) is 0 Å². The summed E-state index contributed by atoms with van der Waals surface area (Å²) in [5, 5.41) is 33.3. The second-order valence-electron chi connectivity index (χ2n) is 12.5. The van der Waals surface area contributed by atoms with Gasteiger partial charge in [0, 0.05) is 13.0 Å². The maximum absolute atomic E-state index is 11.9. The number of amides is 1. The molecule has 4 saturated carbocycles. The van der Waals surface area contributed by atoms with Crippen molar-refractivity contribution >= 4 is 11.9 Å². The van der Waals surface area contributed by atoms with Crippen LogP contribution in [0.25, 0.3) is 0 Å². The van der Waals surface area contributed by atoms with Crippen molar-refractivity contribution in [3.8, 4) is 0 Å². The van der Waals surface area contributed by atoms with Crippen molar-refractivity contribution in [2.75, 3.05) is 6.54 Å². The predicted octanol–water partition coefficient (Wildman–Crippen LogP) is 3.98. The molecule has 0 aromatic rings. The maximum atomic E-state index is 11.9. The summed E-state index contributed by atoms with van der Waals surface area (Å²) in [5.74, 6) is 1.94. The first-order valence-electron chi connectivity index (χ1n) is 13.4. The van der Waals surface area contributed by atoms with E-state index in [1.165, 1.54) is 25.7 Å². The molecule has 0 aromatic carbocycles. The van der Waals surface area contributed by atoms with Crippen LogP contribution in [0, 0.1) is 46.3 Å². The summed E-state index contributed by atoms with van der Waals surface area (Å²) in [6, 6.07) is 0. The van der Waals surface area contributed by atoms with Crippen molar-refractivity contribution in [2.24, 2.45) is 46.3 Å². The second kappa shape index (κ2) is 9.49. The van der Waals surface area contributed by atoms with E-state index in [0.717, 1.165) is 32.1 Å². The van der Waals surface area contributed by atoms with Gasteiger partial charge >= 0.3 is 5.97 Å². The number of aliphatic hydroxyl groups is 2. The minimum atomic E-state index is -0.937. The summed E-state index contributed by atoms with van der Waals surface area (Å²) >= 11 is 0. The van der Waals surface area contributed by atoms with Crippen LogP contribution in [0.1, 0.15) is 91.4 Å². The molecule has 0 unspecified atom stereocenters. The molecule has 1 amide bonds. The SMILES string of the molecule is C[C@H](CCNC(=O)CCC(=O)O)[C@H]1CC[C@H]2[C@@H]3[C@@H](O)C[C@@H]4C[C@H](O)CC[C@]4(C)[C@H]3CC[C@]12C. The molecule has 4 aliphatic rings. The van der Waals surface area contributed by atoms with Crippen LogP contribution in [-0.2, 0) is 9.59 Å². The van der Waals surface area contributed by atoms with Crippen LogP contribution in [0.3, 0.4) is 0 Å². The average Bonchev–Trinajstić information content (AvgIpc) is 3.10. The lowest BCUT2D eigenvalue weighted by Crippen LogP contribution is -2.58. The number of nitrogens with one attached hydrogen (secondary N) is 1. The van der Waals surface area contributed by atoms with Gasteiger partial charge in [0.1, 0.15) is 0 Å². The monoisotopic (exact) mass is 463 g/mol. The third-order valence-electron chi connectivity index (χ3n) is 10.9. The normalized spacial score (nSPS) is 45.4. The molecule has 10 atom stereocenters. The van der Waals surface area contributed by atoms with Gasteiger partial charge < -0.3 is 20.6 Å². The summed E-state index contributed by atoms with van der Waals surface area (Å²) in [4.78, 5) is 22.5. The van der Waals surface area contributed by atoms with E-state index in [1.807, 2.05) is 0 Å². The number of carbonyl (C=O) groups excluding carboxylic acids is 1. The van der Waals surface area contributed by atoms with E-state index in [0.29, 0.717) is 42.1 Å². The first-order valence-corrected chi connectivity index (χ1v) is 13.4. The van der Waals surface area contributed by atoms with Crippen LogP contribution in [0.15, 0.2) is 0 Å². The van der Waals surface area contributed by atoms with Gasteiger partial charge in [0.2, 0.25) is 5.91 Å². The van der Waals surface area contributed by atoms with Crippen molar-refractivity contribution < 1.29 is 24.9 Å². The second-order valence-corrected chi connectivity index (χ2v) is 12.5. The minimum Gasteiger partial charge on any atom is -0.481 e. The molecule has 4 aliphatic carbocycles. The van der Waals surface area contributed by atoms with Crippen LogP contribution in [-0.4, -0.2) is 45.9 Å². The lowest BCUT2D eigenvalue weighted by atomic mass is 9.43. The quantitative estimate of drug-likeness (QED) is 0.457. The molecular weight excluding hydrogens is 418 g/mol. The number of hydrogen-bond acceptors (Lipinski definition) is 4. The Bertz CT molecular complexity index is 742. The lowest BCUT2D eigenvalue weighted by Gasteiger charge is -2.62. The summed E-state index contributed by atoms with van der Waals surface area (Å²) in [6.45, 7) is 7.84. The molecule has 188 valence electrons. The number of carboxylic acid groups (broad SMARTS) is 1. The highest BCUT2D eigenvalue weighted by atomic mass is 16.4. The Morgan fingerprint density at radius 3 is 2.39 bits per heavy atom. The fourth-order valence-corrected chi connectivity index (χ4v) is 9.12. The van der Waals surface area contributed by atoms with Crippen LogP contribution < -0.4 is 5.32 Å². The molecule has 0 spiro atoms. The van der Waals surface area contributed by atoms with Gasteiger partial charge in [-0.2, -0.15) is 0 Å². The fraction of sp³-hybridized carbons (Fsp3) is 0.926. The van der Waals surface area contributed by atoms with Crippen molar-refractivity contribution in [1.82, 2.24) is 5.32 Å². The Labute approximate surface area is 198 Å². The Morgan fingerprint density at radius 2 is 1.67 bits per heavy atom. The standard InChI is InChI=1S/C27H45NO5/c1-16(10-13-28-23(31)6-7-24(32)33)19-4-5-20-25-21(9-12-27(19,20)3)26(2)11-8-18(29)14-17(26)15-22(25)30/h16-22,25,29-30H,4-15H2,1-3H3,(H,28,31)(H,32,33)/t16-,17+,18-,19-,20+,21+,22+,25+,26+,27-/m1/s1. The molecule has 0 aromatic heterocycles. The number of carboxylic acids is 1. The number of fused-ring (bicyclic) bond motifs is 5. The zero-order valence-corrected chi connectivity index (χ0v) is 20.8. The fourth-order valence-electron chi connectivity index (χ4n) is 9.12. The molecule has 0 saturated heterocycles. The van der Waals surface area contributed by atoms with Gasteiger partial charge in [-0.3, -0.25) is 9.59 Å². The van der Waals surface area contributed by atoms with Gasteiger partial charge in [-0.25, -0.2) is 0 Å². The Balaban J connectivity index is 1.39. The summed E-state index contributed by atoms with van der Waals surface area (Å²) in [6.07, 6.45) is 8.92. The Hall–Kier alpha value is -1.14. The van der Waals surface area contributed by atoms with Gasteiger partial charge in [0.15, 0.2) is 0 Å². The molecular formula is C27H45NO5. The summed E-state index contributed by atoms with van der Waals surface area (Å²) < 4.78 is 0. The third kappa shape index (κ3) is 4.59. The van der Waals surface area contributed by atoms with Crippen molar-refractivity contribution in [3.05, 3.63) is 0 Å². The number of rotatable bonds is 7. The first kappa shape index (κ1) is 25.0. The van der Waals surface area contributed by atoms with Crippen LogP contribution in [0.5, 0.6) is 0 Å². The summed E-state index contributed by atoms with van der Waals surface area (Å²) in [7, 11) is 0. The van der Waals surface area contributed by atoms with Crippen molar-refractivity contribution in [3.63, 3.8) is 0 Å². The number of hydrogen-bond donors (Lipinski definition) is 4. The molecule has 0 aliphatic heterocycles. The molecule has 33 heavy (non-hydrogen) atoms. The van der Waals surface area contributed by atoms with Gasteiger partial charge in [-0.15, -0.1) is 0 Å². The number of aliphatic carboxylic acids is 1. The van der Waals surface area contributed by atoms with E-state index in [4.69, 9.17) is 5.11 Å². The molecule has 4 N–H and O–H groups in total. The molecule has 0 bridgehead atoms. The zero-order chi connectivity index (χ0) is 24.0. The van der Waals surface area contributed by atoms with Gasteiger partial charge in [-0.1, -0.05) is 20.8 Å². The zero-order valence-electron chi connectivity index (χ0n) is 20.8. The predicted molar refractivity (Wildman–Crippen MR) is 126 cm³/mol. The van der Waals surface area contributed by atoms with E-state index >= 15 is 0 Å². The smallest absolute Gasteiger partial charge is 0.303 e. The highest BCUT2D eigenvalue weighted by Gasteiger charge is 2.62. The van der Waals surface area contributed by atoms with Crippen LogP contribution in [0.4, 0.5) is 0 Å². The van der Waals surface area contributed by atoms with E-state index in [2.05, 4.69) is 26.1 Å². The number of carbonyl (C=O) groups is 2. The highest BCUT2D eigenvalue weighted by molar-refractivity contribution is 5.80. The number of aliphatic hydroxyl groups excluding tert-OH is 2. The molecule has 6 heteroatoms. The van der Waals surface area contributed by atoms with Gasteiger partial charge in [0.05, 0.1) is 18.6 Å². The average molecular weight is 464 g/mol. The van der Waals surface area contributed by atoms with E-state index < -0.39 is 5.97 Å². The van der Waals surface area contributed by atoms with Crippen LogP contribution >= 0.6 is 0 Å². The Kier molecular flexibility index (Phi) is 7.18. The van der Waals surface area contributed by atoms with Crippen molar-refractivity contribution in [2.45, 2.75) is 104 Å². The first-order chi connectivity index (χ1) is 15.6. The third-order valence-corrected chi connectivity index (χ3v) is 10.9. The van der Waals surface area contributed by atoms with Crippen LogP contribution in [0.2, 0.25) is 0 Å². The van der Waals surface area contributed by atoms with Crippen molar-refractivity contribution in [1.29, 1.82) is 0 Å².